The molecule has 0 saturated heterocycles. The van der Waals surface area contributed by atoms with E-state index in [1.54, 1.807) is 237 Å². The summed E-state index contributed by atoms with van der Waals surface area (Å²) in [4.78, 5) is 0. The summed E-state index contributed by atoms with van der Waals surface area (Å²) in [6.45, 7) is 0. The van der Waals surface area contributed by atoms with Crippen LogP contribution in [0.4, 0.5) is 0 Å². The van der Waals surface area contributed by atoms with Crippen LogP contribution in [0, 0.1) is 0 Å². The van der Waals surface area contributed by atoms with Crippen LogP contribution in [-0.2, 0) is 57.8 Å². The maximum absolute atomic E-state index is 10.8. The Morgan fingerprint density at radius 1 is 0.118 bits per heavy atom. The Balaban J connectivity index is 0.000000125. The molecule has 0 heterocycles. The van der Waals surface area contributed by atoms with Gasteiger partial charge in [0, 0.05) is 82.0 Å². The van der Waals surface area contributed by atoms with E-state index in [0.717, 1.165) is 143 Å². The van der Waals surface area contributed by atoms with Crippen molar-refractivity contribution in [3.63, 3.8) is 0 Å². The van der Waals surface area contributed by atoms with Crippen molar-refractivity contribution in [2.45, 2.75) is 57.8 Å². The molecule has 0 atom stereocenters. The van der Waals surface area contributed by atoms with E-state index in [-0.39, 0.29) is 121 Å². The van der Waals surface area contributed by atoms with Gasteiger partial charge in [0.25, 0.3) is 0 Å². The van der Waals surface area contributed by atoms with Gasteiger partial charge in [0.05, 0.1) is 0 Å². The molecule has 0 aliphatic rings. The minimum absolute atomic E-state index is 0.144. The van der Waals surface area contributed by atoms with Crippen LogP contribution < -0.4 is 0 Å². The maximum Gasteiger partial charge on any atom is 0.126 e. The van der Waals surface area contributed by atoms with Gasteiger partial charge < -0.3 is 107 Å². The Morgan fingerprint density at radius 3 is 0.785 bits per heavy atom. The molecule has 0 saturated carbocycles. The number of phenolic OH excluding ortho intramolecular Hbond substituents is 21. The first-order valence-corrected chi connectivity index (χ1v) is 46.1. The third-order valence-corrected chi connectivity index (χ3v) is 25.1. The average molecular weight is 1920 g/mol. The third kappa shape index (κ3) is 24.4. The Morgan fingerprint density at radius 2 is 0.368 bits per heavy atom. The zero-order valence-electron chi connectivity index (χ0n) is 77.6. The number of hydrogen-bond acceptors (Lipinski definition) is 21. The molecule has 720 valence electrons. The second-order valence-electron chi connectivity index (χ2n) is 35.3. The lowest BCUT2D eigenvalue weighted by Gasteiger charge is -2.14. The second kappa shape index (κ2) is 44.2. The molecule has 0 fully saturated rings. The summed E-state index contributed by atoms with van der Waals surface area (Å²) in [5.74, 6) is 4.13. The van der Waals surface area contributed by atoms with Crippen LogP contribution in [0.25, 0.3) is 64.6 Å². The van der Waals surface area contributed by atoms with Crippen LogP contribution in [0.15, 0.2) is 382 Å². The van der Waals surface area contributed by atoms with E-state index >= 15 is 0 Å². The van der Waals surface area contributed by atoms with Gasteiger partial charge in [0.1, 0.15) is 121 Å². The fourth-order valence-electron chi connectivity index (χ4n) is 17.5. The van der Waals surface area contributed by atoms with Crippen molar-refractivity contribution >= 4 is 64.6 Å². The molecule has 0 aromatic heterocycles. The highest BCUT2D eigenvalue weighted by atomic mass is 16.3. The minimum atomic E-state index is 0.144. The van der Waals surface area contributed by atoms with Gasteiger partial charge in [-0.15, -0.1) is 0 Å². The lowest BCUT2D eigenvalue weighted by molar-refractivity contribution is 0.468. The molecule has 0 aliphatic carbocycles. The Kier molecular flexibility index (Phi) is 30.1. The fourth-order valence-corrected chi connectivity index (χ4v) is 17.5. The summed E-state index contributed by atoms with van der Waals surface area (Å²) in [5.41, 5.74) is 16.4. The van der Waals surface area contributed by atoms with E-state index < -0.39 is 0 Å². The molecule has 21 rings (SSSR count). The molecule has 0 spiro atoms. The van der Waals surface area contributed by atoms with Gasteiger partial charge in [-0.2, -0.15) is 0 Å². The molecule has 0 amide bonds. The Labute approximate surface area is 827 Å². The van der Waals surface area contributed by atoms with E-state index in [1.807, 2.05) is 146 Å². The van der Waals surface area contributed by atoms with Gasteiger partial charge in [0.15, 0.2) is 0 Å². The molecule has 0 bridgehead atoms. The quantitative estimate of drug-likeness (QED) is 0.0379. The summed E-state index contributed by atoms with van der Waals surface area (Å²) in [6, 6.07) is 109. The minimum Gasteiger partial charge on any atom is -0.508 e. The average Bonchev–Trinajstić information content (AvgIpc) is 0.777. The Hall–Kier alpha value is -19.0. The van der Waals surface area contributed by atoms with Crippen molar-refractivity contribution in [3.05, 3.63) is 482 Å². The number of benzene rings is 21. The molecular formula is C123H102O21. The highest BCUT2D eigenvalue weighted by Crippen LogP contribution is 2.43. The van der Waals surface area contributed by atoms with Gasteiger partial charge in [0.2, 0.25) is 0 Å². The molecule has 144 heavy (non-hydrogen) atoms. The van der Waals surface area contributed by atoms with E-state index in [4.69, 9.17) is 0 Å². The maximum atomic E-state index is 10.8. The van der Waals surface area contributed by atoms with Crippen molar-refractivity contribution in [2.24, 2.45) is 0 Å². The van der Waals surface area contributed by atoms with Crippen molar-refractivity contribution in [1.29, 1.82) is 0 Å². The van der Waals surface area contributed by atoms with Crippen molar-refractivity contribution in [3.8, 4) is 121 Å². The SMILES string of the molecule is Oc1ccc(Cc2c(O)ccc3c(O)cccc23)cc1.Oc1ccc(Cc2cc(Cc3ccc(O)cc3)c3cc(O)ccc3c2O)cc1.Oc1ccc(Cc2cc3c(O)ccc(Cc4ccc(O)cc4)c3cc2O)cc1.Oc1ccc(Cc2cc3c(O)cccc3cc2O)cc1.Oc1ccc(Cc2ccc(O)c3ccc(O)cc23)cc1.Oc1ccc(Cc2ccc3c(Cc4ccc(O)cc4)c(O)ccc3c2O)cc1. The first-order chi connectivity index (χ1) is 69.4. The molecule has 21 nitrogen and oxygen atoms in total. The molecule has 0 aliphatic heterocycles. The van der Waals surface area contributed by atoms with Gasteiger partial charge in [-0.05, 0) is 359 Å². The molecule has 0 radical (unpaired) electrons. The van der Waals surface area contributed by atoms with E-state index in [9.17, 15) is 107 Å². The zero-order valence-corrected chi connectivity index (χ0v) is 77.6. The smallest absolute Gasteiger partial charge is 0.126 e. The van der Waals surface area contributed by atoms with Crippen molar-refractivity contribution < 1.29 is 107 Å². The monoisotopic (exact) mass is 1910 g/mol. The molecule has 21 aromatic rings. The molecule has 21 heteroatoms. The predicted molar refractivity (Wildman–Crippen MR) is 562 cm³/mol. The first-order valence-electron chi connectivity index (χ1n) is 46.1. The summed E-state index contributed by atoms with van der Waals surface area (Å²) in [6.07, 6.45) is 4.99. The van der Waals surface area contributed by atoms with E-state index in [0.29, 0.717) is 79.5 Å². The molecular weight excluding hydrogens is 1810 g/mol. The van der Waals surface area contributed by atoms with Crippen LogP contribution in [0.2, 0.25) is 0 Å². The topological polar surface area (TPSA) is 425 Å². The first kappa shape index (κ1) is 98.0. The summed E-state index contributed by atoms with van der Waals surface area (Å²) < 4.78 is 0. The molecule has 0 unspecified atom stereocenters. The Bertz CT molecular complexity index is 8090. The van der Waals surface area contributed by atoms with Crippen LogP contribution in [0.1, 0.15) is 100 Å². The highest BCUT2D eigenvalue weighted by Gasteiger charge is 2.21. The number of hydrogen-bond donors (Lipinski definition) is 21. The van der Waals surface area contributed by atoms with Crippen LogP contribution in [0.3, 0.4) is 0 Å². The normalized spacial score (nSPS) is 10.9. The fraction of sp³-hybridized carbons (Fsp3) is 0.0732. The lowest BCUT2D eigenvalue weighted by Crippen LogP contribution is -1.96. The van der Waals surface area contributed by atoms with Crippen molar-refractivity contribution in [1.82, 2.24) is 0 Å². The van der Waals surface area contributed by atoms with Gasteiger partial charge >= 0.3 is 0 Å². The standard InChI is InChI=1S/3C24H20O4.3C17H14O3/c25-19-6-1-15(2-7-19)11-17-5-10-23(27)22-13-18(24(28)14-21(17)22)12-16-3-8-20(26)9-4-16;25-18-6-1-15(2-7-18)13-17-5-10-20-21(24(17)28)11-12-23(27)22(20)14-16-3-8-19(26)9-4-16;25-19-5-1-15(2-6-19)11-17-13-18(12-16-3-7-20(26)8-4-16)24(28)22-10-9-21(27)14-23(17)22;18-13-4-1-11(2-5-13)9-12-3-8-17(20)15-7-6-14(19)10-16(12)15;18-14-6-4-11(5-7-14)8-13-9-15-12(10-17(13)20)2-1-3-16(15)19;18-12-6-4-11(5-7-12)10-15-13-2-1-3-16(19)14(13)8-9-17(15)20/h1-10,13-14,25-28H,11-12H2;1-12,25-28H,13-14H2;1-10,13-14,25-28H,11-12H2;1-8,10,18-20H,9H2;1-7,9-10,18-20H,8H2;1-9,18-20H,10H2. The van der Waals surface area contributed by atoms with Gasteiger partial charge in [-0.25, -0.2) is 0 Å². The highest BCUT2D eigenvalue weighted by molar-refractivity contribution is 5.98. The summed E-state index contributed by atoms with van der Waals surface area (Å²) >= 11 is 0. The summed E-state index contributed by atoms with van der Waals surface area (Å²) in [7, 11) is 0. The van der Waals surface area contributed by atoms with E-state index in [1.165, 1.54) is 0 Å². The van der Waals surface area contributed by atoms with Gasteiger partial charge in [-0.3, -0.25) is 0 Å². The summed E-state index contributed by atoms with van der Waals surface area (Å²) in [5, 5.41) is 216. The second-order valence-corrected chi connectivity index (χ2v) is 35.3. The van der Waals surface area contributed by atoms with Crippen LogP contribution in [0.5, 0.6) is 121 Å². The molecule has 21 aromatic carbocycles. The lowest BCUT2D eigenvalue weighted by atomic mass is 9.92. The van der Waals surface area contributed by atoms with Crippen LogP contribution in [-0.4, -0.2) is 107 Å². The largest absolute Gasteiger partial charge is 0.508 e. The predicted octanol–water partition coefficient (Wildman–Crippen LogP) is 25.2. The number of aromatic hydroxyl groups is 21. The van der Waals surface area contributed by atoms with E-state index in [2.05, 4.69) is 0 Å². The number of rotatable bonds is 18. The zero-order chi connectivity index (χ0) is 101. The third-order valence-electron chi connectivity index (χ3n) is 25.1. The number of fused-ring (bicyclic) bond motifs is 6. The molecule has 21 N–H and O–H groups in total. The van der Waals surface area contributed by atoms with Gasteiger partial charge in [-0.1, -0.05) is 164 Å². The number of phenols is 21. The van der Waals surface area contributed by atoms with Crippen molar-refractivity contribution in [2.75, 3.05) is 0 Å². The van der Waals surface area contributed by atoms with Crippen LogP contribution >= 0.6 is 0 Å².